The van der Waals surface area contributed by atoms with Crippen LogP contribution in [0.1, 0.15) is 17.0 Å². The summed E-state index contributed by atoms with van der Waals surface area (Å²) in [5.74, 6) is -1.09. The molecule has 104 valence electrons. The van der Waals surface area contributed by atoms with Crippen molar-refractivity contribution in [3.63, 3.8) is 0 Å². The second-order valence-corrected chi connectivity index (χ2v) is 4.56. The lowest BCUT2D eigenvalue weighted by Gasteiger charge is -2.15. The van der Waals surface area contributed by atoms with Crippen molar-refractivity contribution in [3.8, 4) is 11.5 Å². The molecule has 0 aliphatic heterocycles. The molecular weight excluding hydrogens is 256 g/mol. The topological polar surface area (TPSA) is 66.8 Å². The molecule has 4 heteroatoms. The molecule has 0 heterocycles. The van der Waals surface area contributed by atoms with Gasteiger partial charge in [-0.15, -0.1) is 0 Å². The van der Waals surface area contributed by atoms with Crippen LogP contribution in [0.15, 0.2) is 48.5 Å². The maximum absolute atomic E-state index is 11.4. The average molecular weight is 272 g/mol. The first-order valence-electron chi connectivity index (χ1n) is 6.28. The highest BCUT2D eigenvalue weighted by Crippen LogP contribution is 2.23. The van der Waals surface area contributed by atoms with Gasteiger partial charge in [0, 0.05) is 0 Å². The van der Waals surface area contributed by atoms with Gasteiger partial charge >= 0.3 is 5.97 Å². The number of phenolic OH excluding ortho intramolecular Hbond substituents is 1. The first-order valence-corrected chi connectivity index (χ1v) is 6.28. The summed E-state index contributed by atoms with van der Waals surface area (Å²) >= 11 is 0. The molecular formula is C16H16O4. The number of carboxylic acid groups (broad SMARTS) is 1. The zero-order valence-corrected chi connectivity index (χ0v) is 11.1. The van der Waals surface area contributed by atoms with Crippen LogP contribution in [0.25, 0.3) is 0 Å². The van der Waals surface area contributed by atoms with E-state index >= 15 is 0 Å². The molecule has 2 aromatic carbocycles. The molecule has 1 atom stereocenters. The zero-order valence-electron chi connectivity index (χ0n) is 11.1. The molecule has 0 aliphatic carbocycles. The fourth-order valence-corrected chi connectivity index (χ4v) is 1.94. The highest BCUT2D eigenvalue weighted by molar-refractivity contribution is 5.76. The van der Waals surface area contributed by atoms with Gasteiger partial charge in [0.05, 0.1) is 0 Å². The Morgan fingerprint density at radius 3 is 2.60 bits per heavy atom. The van der Waals surface area contributed by atoms with Crippen LogP contribution in [0.2, 0.25) is 0 Å². The number of hydrogen-bond donors (Lipinski definition) is 2. The number of carboxylic acids is 1. The minimum atomic E-state index is -0.982. The maximum atomic E-state index is 11.4. The predicted octanol–water partition coefficient (Wildman–Crippen LogP) is 2.95. The van der Waals surface area contributed by atoms with Crippen LogP contribution in [0.3, 0.4) is 0 Å². The first-order chi connectivity index (χ1) is 9.58. The molecule has 2 rings (SSSR count). The Hall–Kier alpha value is -2.49. The van der Waals surface area contributed by atoms with Gasteiger partial charge in [-0.05, 0) is 36.2 Å². The number of aryl methyl sites for hydroxylation is 1. The Morgan fingerprint density at radius 1 is 1.20 bits per heavy atom. The van der Waals surface area contributed by atoms with Crippen LogP contribution in [-0.2, 0) is 4.79 Å². The summed E-state index contributed by atoms with van der Waals surface area (Å²) in [7, 11) is 0. The van der Waals surface area contributed by atoms with Crippen LogP contribution >= 0.6 is 0 Å². The van der Waals surface area contributed by atoms with Gasteiger partial charge in [-0.2, -0.15) is 0 Å². The van der Waals surface area contributed by atoms with E-state index in [0.29, 0.717) is 11.3 Å². The second kappa shape index (κ2) is 6.10. The van der Waals surface area contributed by atoms with E-state index in [1.54, 1.807) is 18.2 Å². The highest BCUT2D eigenvalue weighted by atomic mass is 16.5. The van der Waals surface area contributed by atoms with Crippen molar-refractivity contribution < 1.29 is 19.7 Å². The lowest BCUT2D eigenvalue weighted by molar-refractivity contribution is -0.139. The van der Waals surface area contributed by atoms with Gasteiger partial charge in [0.2, 0.25) is 0 Å². The fraction of sp³-hybridized carbons (Fsp3) is 0.188. The van der Waals surface area contributed by atoms with Crippen molar-refractivity contribution >= 4 is 5.97 Å². The van der Waals surface area contributed by atoms with Crippen molar-refractivity contribution in [2.45, 2.75) is 12.8 Å². The SMILES string of the molecule is Cc1ccccc1OCC(C(=O)O)c1cccc(O)c1. The summed E-state index contributed by atoms with van der Waals surface area (Å²) in [6, 6.07) is 13.7. The fourth-order valence-electron chi connectivity index (χ4n) is 1.94. The largest absolute Gasteiger partial charge is 0.508 e. The first kappa shape index (κ1) is 13.9. The maximum Gasteiger partial charge on any atom is 0.314 e. The molecule has 0 bridgehead atoms. The van der Waals surface area contributed by atoms with Gasteiger partial charge in [-0.3, -0.25) is 4.79 Å². The van der Waals surface area contributed by atoms with E-state index in [2.05, 4.69) is 0 Å². The van der Waals surface area contributed by atoms with E-state index < -0.39 is 11.9 Å². The molecule has 0 aromatic heterocycles. The summed E-state index contributed by atoms with van der Waals surface area (Å²) in [4.78, 5) is 11.4. The van der Waals surface area contributed by atoms with Crippen molar-refractivity contribution in [1.29, 1.82) is 0 Å². The van der Waals surface area contributed by atoms with Crippen LogP contribution in [0.4, 0.5) is 0 Å². The van der Waals surface area contributed by atoms with Gasteiger partial charge in [0.15, 0.2) is 0 Å². The number of aromatic hydroxyl groups is 1. The van der Waals surface area contributed by atoms with Crippen LogP contribution in [0, 0.1) is 6.92 Å². The van der Waals surface area contributed by atoms with Crippen LogP contribution < -0.4 is 4.74 Å². The highest BCUT2D eigenvalue weighted by Gasteiger charge is 2.21. The minimum absolute atomic E-state index is 0.0175. The third-order valence-electron chi connectivity index (χ3n) is 3.07. The van der Waals surface area contributed by atoms with Crippen molar-refractivity contribution in [3.05, 3.63) is 59.7 Å². The lowest BCUT2D eigenvalue weighted by atomic mass is 10.00. The summed E-state index contributed by atoms with van der Waals surface area (Å²) < 4.78 is 5.59. The van der Waals surface area contributed by atoms with E-state index in [4.69, 9.17) is 4.74 Å². The smallest absolute Gasteiger partial charge is 0.314 e. The number of hydrogen-bond acceptors (Lipinski definition) is 3. The zero-order chi connectivity index (χ0) is 14.5. The normalized spacial score (nSPS) is 11.8. The summed E-state index contributed by atoms with van der Waals surface area (Å²) in [5, 5.41) is 18.7. The Kier molecular flexibility index (Phi) is 4.25. The number of ether oxygens (including phenoxy) is 1. The summed E-state index contributed by atoms with van der Waals surface area (Å²) in [5.41, 5.74) is 1.47. The van der Waals surface area contributed by atoms with Gasteiger partial charge in [0.25, 0.3) is 0 Å². The van der Waals surface area contributed by atoms with Crippen molar-refractivity contribution in [2.75, 3.05) is 6.61 Å². The van der Waals surface area contributed by atoms with Gasteiger partial charge in [0.1, 0.15) is 24.0 Å². The van der Waals surface area contributed by atoms with Gasteiger partial charge in [-0.25, -0.2) is 0 Å². The third-order valence-corrected chi connectivity index (χ3v) is 3.07. The van der Waals surface area contributed by atoms with E-state index in [1.165, 1.54) is 12.1 Å². The number of phenols is 1. The lowest BCUT2D eigenvalue weighted by Crippen LogP contribution is -2.19. The third kappa shape index (κ3) is 3.29. The van der Waals surface area contributed by atoms with Crippen LogP contribution in [0.5, 0.6) is 11.5 Å². The number of para-hydroxylation sites is 1. The Balaban J connectivity index is 2.15. The van der Waals surface area contributed by atoms with Crippen molar-refractivity contribution in [2.24, 2.45) is 0 Å². The van der Waals surface area contributed by atoms with Gasteiger partial charge < -0.3 is 14.9 Å². The average Bonchev–Trinajstić information content (AvgIpc) is 2.41. The quantitative estimate of drug-likeness (QED) is 0.878. The number of aliphatic carboxylic acids is 1. The second-order valence-electron chi connectivity index (χ2n) is 4.56. The molecule has 2 N–H and O–H groups in total. The molecule has 0 fully saturated rings. The molecule has 4 nitrogen and oxygen atoms in total. The molecule has 1 unspecified atom stereocenters. The van der Waals surface area contributed by atoms with Crippen LogP contribution in [-0.4, -0.2) is 22.8 Å². The van der Waals surface area contributed by atoms with E-state index in [-0.39, 0.29) is 12.4 Å². The molecule has 0 saturated heterocycles. The minimum Gasteiger partial charge on any atom is -0.508 e. The molecule has 20 heavy (non-hydrogen) atoms. The summed E-state index contributed by atoms with van der Waals surface area (Å²) in [6.07, 6.45) is 0. The summed E-state index contributed by atoms with van der Waals surface area (Å²) in [6.45, 7) is 1.92. The number of carbonyl (C=O) groups is 1. The number of benzene rings is 2. The molecule has 2 aromatic rings. The molecule has 0 spiro atoms. The molecule has 0 saturated carbocycles. The predicted molar refractivity (Wildman–Crippen MR) is 75.2 cm³/mol. The van der Waals surface area contributed by atoms with E-state index in [1.807, 2.05) is 25.1 Å². The van der Waals surface area contributed by atoms with E-state index in [9.17, 15) is 15.0 Å². The Morgan fingerprint density at radius 2 is 1.95 bits per heavy atom. The molecule has 0 amide bonds. The monoisotopic (exact) mass is 272 g/mol. The Labute approximate surface area is 117 Å². The van der Waals surface area contributed by atoms with E-state index in [0.717, 1.165) is 5.56 Å². The molecule has 0 radical (unpaired) electrons. The van der Waals surface area contributed by atoms with Gasteiger partial charge in [-0.1, -0.05) is 30.3 Å². The standard InChI is InChI=1S/C16H16O4/c1-11-5-2-3-8-15(11)20-10-14(16(18)19)12-6-4-7-13(17)9-12/h2-9,14,17H,10H2,1H3,(H,18,19). The Bertz CT molecular complexity index is 607. The number of rotatable bonds is 5. The molecule has 0 aliphatic rings. The van der Waals surface area contributed by atoms with Crippen molar-refractivity contribution in [1.82, 2.24) is 0 Å².